The number of carboxylic acids is 1. The lowest BCUT2D eigenvalue weighted by atomic mass is 9.99. The van der Waals surface area contributed by atoms with Crippen LogP contribution in [0.1, 0.15) is 32.6 Å². The minimum Gasteiger partial charge on any atom is -0.486 e. The summed E-state index contributed by atoms with van der Waals surface area (Å²) in [6, 6.07) is 22.0. The van der Waals surface area contributed by atoms with Gasteiger partial charge in [0.1, 0.15) is 13.2 Å². The Morgan fingerprint density at radius 1 is 0.690 bits per heavy atom. The van der Waals surface area contributed by atoms with Crippen molar-refractivity contribution in [3.8, 4) is 11.5 Å². The van der Waals surface area contributed by atoms with Crippen molar-refractivity contribution in [1.82, 2.24) is 0 Å². The summed E-state index contributed by atoms with van der Waals surface area (Å²) >= 11 is 0. The van der Waals surface area contributed by atoms with Gasteiger partial charge in [0.2, 0.25) is 0 Å². The van der Waals surface area contributed by atoms with Crippen LogP contribution >= 0.6 is 0 Å². The van der Waals surface area contributed by atoms with Crippen LogP contribution in [0.25, 0.3) is 0 Å². The van der Waals surface area contributed by atoms with Gasteiger partial charge in [0, 0.05) is 0 Å². The van der Waals surface area contributed by atoms with Crippen LogP contribution in [0, 0.1) is 0 Å². The van der Waals surface area contributed by atoms with Crippen LogP contribution < -0.4 is 9.47 Å². The van der Waals surface area contributed by atoms with E-state index in [-0.39, 0.29) is 0 Å². The van der Waals surface area contributed by atoms with Crippen molar-refractivity contribution in [2.24, 2.45) is 0 Å². The first-order valence-corrected chi connectivity index (χ1v) is 9.96. The highest BCUT2D eigenvalue weighted by Crippen LogP contribution is 2.31. The molecule has 0 atom stereocenters. The van der Waals surface area contributed by atoms with Gasteiger partial charge in [-0.2, -0.15) is 0 Å². The molecule has 0 saturated carbocycles. The van der Waals surface area contributed by atoms with Gasteiger partial charge in [-0.25, -0.2) is 4.79 Å². The van der Waals surface area contributed by atoms with Gasteiger partial charge in [0.25, 0.3) is 0 Å². The van der Waals surface area contributed by atoms with E-state index in [0.717, 1.165) is 42.7 Å². The van der Waals surface area contributed by atoms with E-state index in [1.807, 2.05) is 18.2 Å². The van der Waals surface area contributed by atoms with Gasteiger partial charge in [-0.3, -0.25) is 0 Å². The molecule has 1 aliphatic rings. The summed E-state index contributed by atoms with van der Waals surface area (Å²) in [7, 11) is 0. The zero-order chi connectivity index (χ0) is 20.1. The molecule has 0 fully saturated rings. The van der Waals surface area contributed by atoms with Gasteiger partial charge in [0.15, 0.2) is 11.5 Å². The Morgan fingerprint density at radius 3 is 1.90 bits per heavy atom. The number of carbonyl (C=O) groups is 1. The first-order valence-electron chi connectivity index (χ1n) is 9.96. The maximum Gasteiger partial charge on any atom is 0.335 e. The fraction of sp³-hybridized carbons (Fsp3) is 0.240. The Balaban J connectivity index is 1.34. The lowest BCUT2D eigenvalue weighted by Gasteiger charge is -2.18. The van der Waals surface area contributed by atoms with Gasteiger partial charge < -0.3 is 14.6 Å². The molecule has 0 aromatic heterocycles. The minimum absolute atomic E-state index is 0.329. The van der Waals surface area contributed by atoms with Crippen molar-refractivity contribution in [3.05, 3.63) is 94.5 Å². The van der Waals surface area contributed by atoms with E-state index in [2.05, 4.69) is 36.4 Å². The third-order valence-electron chi connectivity index (χ3n) is 5.20. The molecular weight excluding hydrogens is 364 g/mol. The van der Waals surface area contributed by atoms with Crippen molar-refractivity contribution < 1.29 is 19.4 Å². The zero-order valence-electron chi connectivity index (χ0n) is 16.3. The Kier molecular flexibility index (Phi) is 5.80. The average molecular weight is 388 g/mol. The number of carboxylic acid groups (broad SMARTS) is 1. The van der Waals surface area contributed by atoms with Gasteiger partial charge in [-0.1, -0.05) is 42.5 Å². The van der Waals surface area contributed by atoms with E-state index in [1.54, 1.807) is 12.1 Å². The van der Waals surface area contributed by atoms with Gasteiger partial charge >= 0.3 is 5.97 Å². The maximum absolute atomic E-state index is 11.0. The summed E-state index contributed by atoms with van der Waals surface area (Å²) in [5.41, 5.74) is 5.34. The molecule has 4 nitrogen and oxygen atoms in total. The molecule has 3 aromatic rings. The van der Waals surface area contributed by atoms with E-state index in [9.17, 15) is 4.79 Å². The molecule has 1 N–H and O–H groups in total. The van der Waals surface area contributed by atoms with Crippen molar-refractivity contribution in [3.63, 3.8) is 0 Å². The summed E-state index contributed by atoms with van der Waals surface area (Å²) in [6.07, 6.45) is 3.76. The molecule has 0 bridgehead atoms. The number of aryl methyl sites for hydroxylation is 4. The fourth-order valence-electron chi connectivity index (χ4n) is 3.58. The van der Waals surface area contributed by atoms with Gasteiger partial charge in [-0.05, 0) is 72.2 Å². The molecule has 148 valence electrons. The van der Waals surface area contributed by atoms with Crippen LogP contribution in [0.4, 0.5) is 0 Å². The Hall–Kier alpha value is -3.27. The molecule has 1 aliphatic heterocycles. The number of rotatable bonds is 7. The first-order chi connectivity index (χ1) is 14.2. The molecule has 29 heavy (non-hydrogen) atoms. The highest BCUT2D eigenvalue weighted by atomic mass is 16.6. The third kappa shape index (κ3) is 4.96. The van der Waals surface area contributed by atoms with Gasteiger partial charge in [0.05, 0.1) is 5.56 Å². The Labute approximate surface area is 170 Å². The van der Waals surface area contributed by atoms with E-state index in [1.165, 1.54) is 16.7 Å². The predicted molar refractivity (Wildman–Crippen MR) is 112 cm³/mol. The van der Waals surface area contributed by atoms with Crippen LogP contribution in [-0.4, -0.2) is 24.3 Å². The standard InChI is InChI=1S/C25H24O4/c26-25(27)22-11-8-18(9-12-22)4-5-19-2-1-3-20(16-19)6-7-21-10-13-23-24(17-21)29-15-14-28-23/h1-3,8-13,16-17H,4-7,14-15H2,(H,26,27). The van der Waals surface area contributed by atoms with Crippen LogP contribution in [0.15, 0.2) is 66.7 Å². The SMILES string of the molecule is O=C(O)c1ccc(CCc2cccc(CCc3ccc4c(c3)OCCO4)c2)cc1. The predicted octanol–water partition coefficient (Wildman–Crippen LogP) is 4.73. The maximum atomic E-state index is 11.0. The quantitative estimate of drug-likeness (QED) is 0.636. The Bertz CT molecular complexity index is 992. The monoisotopic (exact) mass is 388 g/mol. The number of fused-ring (bicyclic) bond motifs is 1. The molecule has 1 heterocycles. The lowest BCUT2D eigenvalue weighted by Crippen LogP contribution is -2.15. The fourth-order valence-corrected chi connectivity index (χ4v) is 3.58. The van der Waals surface area contributed by atoms with Gasteiger partial charge in [-0.15, -0.1) is 0 Å². The van der Waals surface area contributed by atoms with Crippen LogP contribution in [0.5, 0.6) is 11.5 Å². The van der Waals surface area contributed by atoms with Crippen molar-refractivity contribution in [2.45, 2.75) is 25.7 Å². The molecule has 0 amide bonds. The van der Waals surface area contributed by atoms with Crippen molar-refractivity contribution in [2.75, 3.05) is 13.2 Å². The normalized spacial score (nSPS) is 12.6. The molecule has 0 aliphatic carbocycles. The number of ether oxygens (including phenoxy) is 2. The van der Waals surface area contributed by atoms with Crippen LogP contribution in [0.2, 0.25) is 0 Å². The highest BCUT2D eigenvalue weighted by molar-refractivity contribution is 5.87. The second-order valence-electron chi connectivity index (χ2n) is 7.30. The third-order valence-corrected chi connectivity index (χ3v) is 5.20. The number of benzene rings is 3. The first kappa shape index (κ1) is 19.1. The van der Waals surface area contributed by atoms with E-state index < -0.39 is 5.97 Å². The van der Waals surface area contributed by atoms with E-state index in [0.29, 0.717) is 18.8 Å². The van der Waals surface area contributed by atoms with Crippen molar-refractivity contribution in [1.29, 1.82) is 0 Å². The minimum atomic E-state index is -0.887. The lowest BCUT2D eigenvalue weighted by molar-refractivity contribution is 0.0697. The second-order valence-corrected chi connectivity index (χ2v) is 7.30. The van der Waals surface area contributed by atoms with E-state index in [4.69, 9.17) is 14.6 Å². The molecule has 0 saturated heterocycles. The number of hydrogen-bond acceptors (Lipinski definition) is 3. The smallest absolute Gasteiger partial charge is 0.335 e. The second kappa shape index (κ2) is 8.82. The van der Waals surface area contributed by atoms with Crippen molar-refractivity contribution >= 4 is 5.97 Å². The average Bonchev–Trinajstić information content (AvgIpc) is 2.77. The molecule has 0 unspecified atom stereocenters. The molecule has 0 radical (unpaired) electrons. The van der Waals surface area contributed by atoms with Crippen LogP contribution in [-0.2, 0) is 25.7 Å². The van der Waals surface area contributed by atoms with E-state index >= 15 is 0 Å². The largest absolute Gasteiger partial charge is 0.486 e. The molecule has 4 rings (SSSR count). The van der Waals surface area contributed by atoms with Crippen LogP contribution in [0.3, 0.4) is 0 Å². The zero-order valence-corrected chi connectivity index (χ0v) is 16.3. The summed E-state index contributed by atoms with van der Waals surface area (Å²) in [4.78, 5) is 11.0. The number of aromatic carboxylic acids is 1. The summed E-state index contributed by atoms with van der Waals surface area (Å²) in [5, 5.41) is 8.99. The topological polar surface area (TPSA) is 55.8 Å². The summed E-state index contributed by atoms with van der Waals surface area (Å²) < 4.78 is 11.3. The number of hydrogen-bond donors (Lipinski definition) is 1. The molecule has 3 aromatic carbocycles. The highest BCUT2D eigenvalue weighted by Gasteiger charge is 2.11. The molecule has 0 spiro atoms. The Morgan fingerprint density at radius 2 is 1.24 bits per heavy atom. The molecular formula is C25H24O4. The summed E-state index contributed by atoms with van der Waals surface area (Å²) in [6.45, 7) is 1.22. The molecule has 4 heteroatoms. The summed E-state index contributed by atoms with van der Waals surface area (Å²) in [5.74, 6) is 0.789.